The minimum atomic E-state index is -4.74. The third kappa shape index (κ3) is 5.30. The number of hydrogen-bond donors (Lipinski definition) is 0. The van der Waals surface area contributed by atoms with Crippen molar-refractivity contribution in [3.8, 4) is 6.07 Å². The number of alkyl halides is 3. The van der Waals surface area contributed by atoms with Crippen LogP contribution in [0, 0.1) is 11.3 Å². The van der Waals surface area contributed by atoms with Gasteiger partial charge in [-0.05, 0) is 42.3 Å². The highest BCUT2D eigenvalue weighted by atomic mass is 32.2. The van der Waals surface area contributed by atoms with E-state index in [0.29, 0.717) is 11.0 Å². The van der Waals surface area contributed by atoms with Gasteiger partial charge in [-0.3, -0.25) is 9.69 Å². The highest BCUT2D eigenvalue weighted by Crippen LogP contribution is 2.47. The fourth-order valence-electron chi connectivity index (χ4n) is 4.67. The first kappa shape index (κ1) is 28.8. The maximum atomic E-state index is 14.0. The molecule has 14 heteroatoms. The van der Waals surface area contributed by atoms with Gasteiger partial charge >= 0.3 is 18.3 Å². The minimum absolute atomic E-state index is 0.0296. The number of carbonyl (C=O) groups is 3. The standard InChI is InChI=1S/C26H22F3N3O7S/c1-38-10-11-39-25(35)32-23(18-7-6-15(14-30)12-21(18)40(2,36)37)22-19(8-9-20(22)33)31(24(32)34)17-5-3-4-16(13-17)26(27,28)29/h3-7,12-13,23H,8-11H2,1-2H3. The number of halogens is 3. The average Bonchev–Trinajstić information content (AvgIpc) is 3.27. The van der Waals surface area contributed by atoms with Gasteiger partial charge in [-0.25, -0.2) is 22.9 Å². The Bertz CT molecular complexity index is 1580. The number of rotatable bonds is 6. The molecule has 0 spiro atoms. The molecule has 1 unspecified atom stereocenters. The number of ether oxygens (including phenoxy) is 2. The van der Waals surface area contributed by atoms with Crippen molar-refractivity contribution in [2.75, 3.05) is 31.5 Å². The van der Waals surface area contributed by atoms with Crippen LogP contribution >= 0.6 is 0 Å². The molecule has 2 aliphatic rings. The van der Waals surface area contributed by atoms with Crippen LogP contribution < -0.4 is 4.90 Å². The summed E-state index contributed by atoms with van der Waals surface area (Å²) >= 11 is 0. The molecule has 1 aliphatic heterocycles. The molecule has 0 bridgehead atoms. The molecular weight excluding hydrogens is 555 g/mol. The maximum Gasteiger partial charge on any atom is 0.418 e. The van der Waals surface area contributed by atoms with E-state index in [0.717, 1.165) is 29.4 Å². The van der Waals surface area contributed by atoms with Crippen molar-refractivity contribution in [3.05, 3.63) is 70.4 Å². The third-order valence-electron chi connectivity index (χ3n) is 6.38. The van der Waals surface area contributed by atoms with Crippen molar-refractivity contribution in [1.82, 2.24) is 4.90 Å². The van der Waals surface area contributed by atoms with E-state index in [1.54, 1.807) is 0 Å². The van der Waals surface area contributed by atoms with E-state index in [4.69, 9.17) is 9.47 Å². The van der Waals surface area contributed by atoms with Gasteiger partial charge in [0.25, 0.3) is 0 Å². The first-order valence-electron chi connectivity index (χ1n) is 11.8. The molecule has 0 radical (unpaired) electrons. The predicted octanol–water partition coefficient (Wildman–Crippen LogP) is 4.36. The van der Waals surface area contributed by atoms with Crippen LogP contribution in [0.3, 0.4) is 0 Å². The largest absolute Gasteiger partial charge is 0.447 e. The van der Waals surface area contributed by atoms with Crippen LogP contribution in [-0.4, -0.2) is 57.8 Å². The van der Waals surface area contributed by atoms with Crippen molar-refractivity contribution < 1.29 is 45.4 Å². The van der Waals surface area contributed by atoms with Gasteiger partial charge in [-0.2, -0.15) is 18.4 Å². The van der Waals surface area contributed by atoms with Gasteiger partial charge in [0.15, 0.2) is 15.6 Å². The molecule has 1 atom stereocenters. The first-order chi connectivity index (χ1) is 18.8. The van der Waals surface area contributed by atoms with Crippen LogP contribution in [0.2, 0.25) is 0 Å². The number of ketones is 1. The van der Waals surface area contributed by atoms with E-state index in [1.165, 1.54) is 25.3 Å². The molecule has 1 heterocycles. The Hall–Kier alpha value is -4.22. The lowest BCUT2D eigenvalue weighted by atomic mass is 9.92. The molecule has 0 saturated heterocycles. The first-order valence-corrected chi connectivity index (χ1v) is 13.6. The summed E-state index contributed by atoms with van der Waals surface area (Å²) in [6.07, 6.45) is -5.35. The topological polar surface area (TPSA) is 134 Å². The monoisotopic (exact) mass is 577 g/mol. The van der Waals surface area contributed by atoms with Crippen LogP contribution in [0.1, 0.15) is 35.6 Å². The molecule has 3 amide bonds. The van der Waals surface area contributed by atoms with Crippen molar-refractivity contribution in [2.24, 2.45) is 0 Å². The van der Waals surface area contributed by atoms with Gasteiger partial charge in [-0.15, -0.1) is 0 Å². The van der Waals surface area contributed by atoms with Gasteiger partial charge in [0.1, 0.15) is 12.6 Å². The quantitative estimate of drug-likeness (QED) is 0.463. The number of allylic oxidation sites excluding steroid dienone is 1. The van der Waals surface area contributed by atoms with Crippen LogP contribution in [0.5, 0.6) is 0 Å². The number of carbonyl (C=O) groups excluding carboxylic acids is 3. The number of urea groups is 1. The molecule has 0 fully saturated rings. The zero-order valence-electron chi connectivity index (χ0n) is 21.2. The Morgan fingerprint density at radius 1 is 1.12 bits per heavy atom. The highest BCUT2D eigenvalue weighted by Gasteiger charge is 2.50. The van der Waals surface area contributed by atoms with Crippen molar-refractivity contribution in [1.29, 1.82) is 5.26 Å². The summed E-state index contributed by atoms with van der Waals surface area (Å²) < 4.78 is 76.0. The number of anilines is 1. The predicted molar refractivity (Wildman–Crippen MR) is 133 cm³/mol. The van der Waals surface area contributed by atoms with E-state index in [-0.39, 0.29) is 54.1 Å². The summed E-state index contributed by atoms with van der Waals surface area (Å²) in [6.45, 7) is -0.379. The second kappa shape index (κ2) is 10.7. The van der Waals surface area contributed by atoms with Crippen molar-refractivity contribution in [3.63, 3.8) is 0 Å². The molecule has 10 nitrogen and oxygen atoms in total. The molecule has 0 N–H and O–H groups in total. The Kier molecular flexibility index (Phi) is 7.73. The highest BCUT2D eigenvalue weighted by molar-refractivity contribution is 7.90. The lowest BCUT2D eigenvalue weighted by molar-refractivity contribution is -0.137. The van der Waals surface area contributed by atoms with Gasteiger partial charge in [-0.1, -0.05) is 12.1 Å². The second-order valence-corrected chi connectivity index (χ2v) is 11.0. The van der Waals surface area contributed by atoms with E-state index < -0.39 is 50.4 Å². The normalized spacial score (nSPS) is 17.6. The maximum absolute atomic E-state index is 14.0. The lowest BCUT2D eigenvalue weighted by Crippen LogP contribution is -2.53. The Labute approximate surface area is 227 Å². The summed E-state index contributed by atoms with van der Waals surface area (Å²) in [5, 5.41) is 9.32. The Morgan fingerprint density at radius 2 is 1.85 bits per heavy atom. The Morgan fingerprint density at radius 3 is 2.48 bits per heavy atom. The fraction of sp³-hybridized carbons (Fsp3) is 0.308. The molecule has 2 aromatic rings. The number of sulfone groups is 1. The molecule has 0 aromatic heterocycles. The molecule has 40 heavy (non-hydrogen) atoms. The smallest absolute Gasteiger partial charge is 0.418 e. The number of nitrogens with zero attached hydrogens (tertiary/aromatic N) is 3. The average molecular weight is 578 g/mol. The fourth-order valence-corrected chi connectivity index (χ4v) is 5.61. The van der Waals surface area contributed by atoms with Gasteiger partial charge in [0.2, 0.25) is 0 Å². The molecular formula is C26H22F3N3O7S. The zero-order valence-corrected chi connectivity index (χ0v) is 22.0. The molecule has 210 valence electrons. The number of Topliss-reactive ketones (excluding diaryl/α,β-unsaturated/α-hetero) is 1. The van der Waals surface area contributed by atoms with E-state index in [2.05, 4.69) is 0 Å². The van der Waals surface area contributed by atoms with Crippen LogP contribution in [0.4, 0.5) is 28.4 Å². The SMILES string of the molecule is COCCOC(=O)N1C(=O)N(c2cccc(C(F)(F)F)c2)C2=C(C(=O)CC2)C1c1ccc(C#N)cc1S(C)(=O)=O. The van der Waals surface area contributed by atoms with Gasteiger partial charge < -0.3 is 9.47 Å². The van der Waals surface area contributed by atoms with E-state index in [1.807, 2.05) is 6.07 Å². The number of imide groups is 1. The van der Waals surface area contributed by atoms with Crippen LogP contribution in [0.25, 0.3) is 0 Å². The number of nitriles is 1. The van der Waals surface area contributed by atoms with E-state index >= 15 is 0 Å². The number of methoxy groups -OCH3 is 1. The summed E-state index contributed by atoms with van der Waals surface area (Å²) in [5.74, 6) is -0.539. The summed E-state index contributed by atoms with van der Waals surface area (Å²) in [7, 11) is -2.74. The van der Waals surface area contributed by atoms with Gasteiger partial charge in [0, 0.05) is 31.1 Å². The molecule has 1 aliphatic carbocycles. The second-order valence-electron chi connectivity index (χ2n) is 8.97. The molecule has 2 aromatic carbocycles. The lowest BCUT2D eigenvalue weighted by Gasteiger charge is -2.40. The van der Waals surface area contributed by atoms with Crippen LogP contribution in [0.15, 0.2) is 58.6 Å². The third-order valence-corrected chi connectivity index (χ3v) is 7.53. The summed E-state index contributed by atoms with van der Waals surface area (Å²) in [5.41, 5.74) is -1.60. The van der Waals surface area contributed by atoms with Crippen molar-refractivity contribution >= 4 is 33.4 Å². The Balaban J connectivity index is 2.00. The van der Waals surface area contributed by atoms with Crippen molar-refractivity contribution in [2.45, 2.75) is 30.0 Å². The number of hydrogen-bond acceptors (Lipinski definition) is 8. The minimum Gasteiger partial charge on any atom is -0.447 e. The molecule has 4 rings (SSSR count). The van der Waals surface area contributed by atoms with Gasteiger partial charge in [0.05, 0.1) is 34.4 Å². The van der Waals surface area contributed by atoms with Crippen LogP contribution in [-0.2, 0) is 30.3 Å². The number of amides is 3. The molecule has 0 saturated carbocycles. The summed E-state index contributed by atoms with van der Waals surface area (Å²) in [4.78, 5) is 41.5. The van der Waals surface area contributed by atoms with E-state index in [9.17, 15) is 41.2 Å². The number of benzene rings is 2. The summed E-state index contributed by atoms with van der Waals surface area (Å²) in [6, 6.07) is 6.44. The zero-order chi connectivity index (χ0) is 29.4.